The van der Waals surface area contributed by atoms with Crippen LogP contribution in [0.4, 0.5) is 13.2 Å². The van der Waals surface area contributed by atoms with E-state index in [1.165, 1.54) is 21.1 Å². The third-order valence-corrected chi connectivity index (χ3v) is 3.47. The van der Waals surface area contributed by atoms with Crippen LogP contribution in [0.3, 0.4) is 0 Å². The van der Waals surface area contributed by atoms with Crippen LogP contribution in [0.5, 0.6) is 11.5 Å². The van der Waals surface area contributed by atoms with Gasteiger partial charge in [0.2, 0.25) is 0 Å². The van der Waals surface area contributed by atoms with Crippen LogP contribution in [0, 0.1) is 0 Å². The quantitative estimate of drug-likeness (QED) is 0.839. The molecule has 0 aliphatic rings. The minimum absolute atomic E-state index is 0.304. The Morgan fingerprint density at radius 2 is 1.75 bits per heavy atom. The number of hydrogen-bond acceptors (Lipinski definition) is 3. The Hall–Kier alpha value is -0.950. The van der Waals surface area contributed by atoms with Crippen LogP contribution >= 0.6 is 15.9 Å². The minimum atomic E-state index is -4.17. The Morgan fingerprint density at radius 1 is 1.20 bits per heavy atom. The summed E-state index contributed by atoms with van der Waals surface area (Å²) in [6.45, 7) is 1.81. The van der Waals surface area contributed by atoms with Gasteiger partial charge in [0, 0.05) is 17.1 Å². The zero-order valence-electron chi connectivity index (χ0n) is 11.5. The van der Waals surface area contributed by atoms with Crippen molar-refractivity contribution in [3.8, 4) is 11.5 Å². The second-order valence-corrected chi connectivity index (χ2v) is 5.25. The number of nitrogens with one attached hydrogen (secondary N) is 1. The third kappa shape index (κ3) is 5.20. The molecule has 3 nitrogen and oxygen atoms in total. The number of rotatable bonds is 6. The summed E-state index contributed by atoms with van der Waals surface area (Å²) >= 11 is 3.37. The largest absolute Gasteiger partial charge is 0.493 e. The van der Waals surface area contributed by atoms with Crippen molar-refractivity contribution in [2.45, 2.75) is 32.1 Å². The van der Waals surface area contributed by atoms with Crippen LogP contribution in [0.25, 0.3) is 0 Å². The molecule has 1 rings (SSSR count). The number of methoxy groups -OCH3 is 2. The van der Waals surface area contributed by atoms with Gasteiger partial charge in [0.15, 0.2) is 11.5 Å². The fraction of sp³-hybridized carbons (Fsp3) is 0.538. The standard InChI is InChI=1S/C13H17BrF3NO2/c1-8(6-13(15,16)17)18-7-9-4-11(19-2)12(20-3)5-10(9)14/h4-5,8,18H,6-7H2,1-3H3. The SMILES string of the molecule is COc1cc(Br)c(CNC(C)CC(F)(F)F)cc1OC. The van der Waals surface area contributed by atoms with Crippen LogP contribution in [0.2, 0.25) is 0 Å². The van der Waals surface area contributed by atoms with Crippen molar-refractivity contribution in [1.29, 1.82) is 0 Å². The van der Waals surface area contributed by atoms with E-state index in [1.54, 1.807) is 12.1 Å². The van der Waals surface area contributed by atoms with E-state index in [0.29, 0.717) is 18.0 Å². The summed E-state index contributed by atoms with van der Waals surface area (Å²) < 4.78 is 47.8. The van der Waals surface area contributed by atoms with Gasteiger partial charge in [-0.25, -0.2) is 0 Å². The fourth-order valence-corrected chi connectivity index (χ4v) is 2.20. The monoisotopic (exact) mass is 355 g/mol. The molecule has 1 aromatic carbocycles. The van der Waals surface area contributed by atoms with Crippen molar-refractivity contribution >= 4 is 15.9 Å². The first-order valence-electron chi connectivity index (χ1n) is 5.97. The van der Waals surface area contributed by atoms with Gasteiger partial charge in [0.25, 0.3) is 0 Å². The van der Waals surface area contributed by atoms with Crippen molar-refractivity contribution in [3.63, 3.8) is 0 Å². The number of halogens is 4. The zero-order valence-corrected chi connectivity index (χ0v) is 13.1. The summed E-state index contributed by atoms with van der Waals surface area (Å²) in [6.07, 6.45) is -5.03. The second kappa shape index (κ2) is 7.17. The number of hydrogen-bond donors (Lipinski definition) is 1. The third-order valence-electron chi connectivity index (χ3n) is 2.73. The Kier molecular flexibility index (Phi) is 6.13. The Labute approximate surface area is 124 Å². The van der Waals surface area contributed by atoms with E-state index in [0.717, 1.165) is 10.0 Å². The van der Waals surface area contributed by atoms with E-state index in [1.807, 2.05) is 0 Å². The normalized spacial score (nSPS) is 13.2. The molecular weight excluding hydrogens is 339 g/mol. The van der Waals surface area contributed by atoms with Crippen LogP contribution < -0.4 is 14.8 Å². The molecule has 0 fully saturated rings. The Bertz CT molecular complexity index is 452. The summed E-state index contributed by atoms with van der Waals surface area (Å²) in [6, 6.07) is 2.80. The van der Waals surface area contributed by atoms with Gasteiger partial charge in [-0.15, -0.1) is 0 Å². The highest BCUT2D eigenvalue weighted by Crippen LogP contribution is 2.33. The highest BCUT2D eigenvalue weighted by molar-refractivity contribution is 9.10. The van der Waals surface area contributed by atoms with Gasteiger partial charge >= 0.3 is 6.18 Å². The van der Waals surface area contributed by atoms with Crippen molar-refractivity contribution in [1.82, 2.24) is 5.32 Å². The molecule has 0 saturated carbocycles. The maximum atomic E-state index is 12.2. The van der Waals surface area contributed by atoms with Crippen LogP contribution in [-0.4, -0.2) is 26.4 Å². The van der Waals surface area contributed by atoms with Gasteiger partial charge in [-0.2, -0.15) is 13.2 Å². The van der Waals surface area contributed by atoms with Crippen LogP contribution in [-0.2, 0) is 6.54 Å². The van der Waals surface area contributed by atoms with Gasteiger partial charge in [-0.1, -0.05) is 15.9 Å². The lowest BCUT2D eigenvalue weighted by Crippen LogP contribution is -2.30. The maximum absolute atomic E-state index is 12.2. The molecule has 0 bridgehead atoms. The predicted molar refractivity (Wildman–Crippen MR) is 74.2 cm³/mol. The van der Waals surface area contributed by atoms with E-state index in [-0.39, 0.29) is 0 Å². The second-order valence-electron chi connectivity index (χ2n) is 4.40. The van der Waals surface area contributed by atoms with E-state index >= 15 is 0 Å². The molecule has 20 heavy (non-hydrogen) atoms. The summed E-state index contributed by atoms with van der Waals surface area (Å²) in [5.74, 6) is 1.10. The van der Waals surface area contributed by atoms with Gasteiger partial charge in [-0.05, 0) is 24.6 Å². The molecular formula is C13H17BrF3NO2. The predicted octanol–water partition coefficient (Wildman–Crippen LogP) is 3.90. The highest BCUT2D eigenvalue weighted by atomic mass is 79.9. The van der Waals surface area contributed by atoms with E-state index in [4.69, 9.17) is 9.47 Å². The first kappa shape index (κ1) is 17.1. The van der Waals surface area contributed by atoms with Crippen LogP contribution in [0.1, 0.15) is 18.9 Å². The molecule has 0 spiro atoms. The van der Waals surface area contributed by atoms with Crippen LogP contribution in [0.15, 0.2) is 16.6 Å². The van der Waals surface area contributed by atoms with Crippen molar-refractivity contribution < 1.29 is 22.6 Å². The molecule has 0 amide bonds. The molecule has 7 heteroatoms. The maximum Gasteiger partial charge on any atom is 0.390 e. The van der Waals surface area contributed by atoms with Crippen molar-refractivity contribution in [3.05, 3.63) is 22.2 Å². The lowest BCUT2D eigenvalue weighted by atomic mass is 10.1. The molecule has 0 aromatic heterocycles. The zero-order chi connectivity index (χ0) is 15.3. The molecule has 0 aliphatic heterocycles. The molecule has 1 unspecified atom stereocenters. The summed E-state index contributed by atoms with van der Waals surface area (Å²) in [5, 5.41) is 2.84. The average Bonchev–Trinajstić information content (AvgIpc) is 2.34. The fourth-order valence-electron chi connectivity index (χ4n) is 1.74. The van der Waals surface area contributed by atoms with Gasteiger partial charge in [0.05, 0.1) is 20.6 Å². The summed E-state index contributed by atoms with van der Waals surface area (Å²) in [5.41, 5.74) is 0.802. The smallest absolute Gasteiger partial charge is 0.390 e. The van der Waals surface area contributed by atoms with E-state index in [2.05, 4.69) is 21.2 Å². The first-order valence-corrected chi connectivity index (χ1v) is 6.76. The van der Waals surface area contributed by atoms with E-state index in [9.17, 15) is 13.2 Å². The lowest BCUT2D eigenvalue weighted by molar-refractivity contribution is -0.139. The average molecular weight is 356 g/mol. The van der Waals surface area contributed by atoms with Crippen molar-refractivity contribution in [2.75, 3.05) is 14.2 Å². The topological polar surface area (TPSA) is 30.5 Å². The van der Waals surface area contributed by atoms with Gasteiger partial charge in [-0.3, -0.25) is 0 Å². The highest BCUT2D eigenvalue weighted by Gasteiger charge is 2.29. The Morgan fingerprint density at radius 3 is 2.25 bits per heavy atom. The Balaban J connectivity index is 2.73. The van der Waals surface area contributed by atoms with E-state index < -0.39 is 18.6 Å². The van der Waals surface area contributed by atoms with Gasteiger partial charge in [0.1, 0.15) is 0 Å². The summed E-state index contributed by atoms with van der Waals surface area (Å²) in [7, 11) is 3.03. The number of ether oxygens (including phenoxy) is 2. The molecule has 0 saturated heterocycles. The molecule has 1 N–H and O–H groups in total. The molecule has 0 heterocycles. The molecule has 114 valence electrons. The molecule has 0 radical (unpaired) electrons. The first-order chi connectivity index (χ1) is 9.26. The number of benzene rings is 1. The van der Waals surface area contributed by atoms with Gasteiger partial charge < -0.3 is 14.8 Å². The molecule has 1 aromatic rings. The lowest BCUT2D eigenvalue weighted by Gasteiger charge is -2.17. The summed E-state index contributed by atoms with van der Waals surface area (Å²) in [4.78, 5) is 0. The van der Waals surface area contributed by atoms with Crippen molar-refractivity contribution in [2.24, 2.45) is 0 Å². The molecule has 0 aliphatic carbocycles. The minimum Gasteiger partial charge on any atom is -0.493 e. The molecule has 1 atom stereocenters. The number of alkyl halides is 3.